The number of hydrogen-bond donors (Lipinski definition) is 5. The van der Waals surface area contributed by atoms with Gasteiger partial charge in [0.15, 0.2) is 0 Å². The van der Waals surface area contributed by atoms with Gasteiger partial charge in [-0.05, 0) is 61.5 Å². The van der Waals surface area contributed by atoms with Crippen molar-refractivity contribution in [3.63, 3.8) is 0 Å². The number of nitrogens with one attached hydrogen (secondary N) is 3. The van der Waals surface area contributed by atoms with Crippen LogP contribution >= 0.6 is 0 Å². The number of amides is 1. The lowest BCUT2D eigenvalue weighted by Gasteiger charge is -2.58. The molecule has 3 unspecified atom stereocenters. The van der Waals surface area contributed by atoms with Crippen LogP contribution in [0.25, 0.3) is 11.0 Å². The van der Waals surface area contributed by atoms with Crippen LogP contribution in [0.3, 0.4) is 0 Å². The van der Waals surface area contributed by atoms with Crippen LogP contribution in [0.15, 0.2) is 48.8 Å². The standard InChI is InChI=1S/C26H30N4O3/c31-21(16-4-2-1-3-5-16)14-29-25(32)20-13-28-24-19(6-7-27-24)23(20)30-22-17-8-15-9-18(22)12-26(33,10-15)11-17/h1-7,13,15,17-18,21-22,31,33H,8-12,14H2,(H,29,32)(H2,27,28,30)/t15?,17?,18?,21?,22-,26+. The molecule has 0 aliphatic heterocycles. The van der Waals surface area contributed by atoms with Crippen molar-refractivity contribution in [3.8, 4) is 0 Å². The quantitative estimate of drug-likeness (QED) is 0.399. The molecule has 7 nitrogen and oxygen atoms in total. The van der Waals surface area contributed by atoms with Gasteiger partial charge >= 0.3 is 0 Å². The van der Waals surface area contributed by atoms with Gasteiger partial charge in [0.25, 0.3) is 5.91 Å². The highest BCUT2D eigenvalue weighted by Crippen LogP contribution is 2.56. The lowest BCUT2D eigenvalue weighted by atomic mass is 9.52. The van der Waals surface area contributed by atoms with Gasteiger partial charge in [0.2, 0.25) is 0 Å². The number of benzene rings is 1. The molecule has 4 aliphatic carbocycles. The molecule has 172 valence electrons. The molecule has 0 saturated heterocycles. The fraction of sp³-hybridized carbons (Fsp3) is 0.462. The Kier molecular flexibility index (Phi) is 4.92. The highest BCUT2D eigenvalue weighted by molar-refractivity contribution is 6.06. The average Bonchev–Trinajstić information content (AvgIpc) is 3.28. The zero-order valence-corrected chi connectivity index (χ0v) is 18.5. The minimum atomic E-state index is -0.777. The second-order valence-electron chi connectivity index (χ2n) is 10.3. The summed E-state index contributed by atoms with van der Waals surface area (Å²) in [6.07, 6.45) is 7.57. The molecule has 2 heterocycles. The summed E-state index contributed by atoms with van der Waals surface area (Å²) >= 11 is 0. The van der Waals surface area contributed by atoms with Crippen molar-refractivity contribution in [1.29, 1.82) is 0 Å². The lowest BCUT2D eigenvalue weighted by Crippen LogP contribution is -2.59. The number of fused-ring (bicyclic) bond motifs is 1. The molecule has 3 aromatic rings. The molecule has 1 aromatic carbocycles. The highest BCUT2D eigenvalue weighted by atomic mass is 16.3. The number of aliphatic hydroxyl groups is 2. The predicted molar refractivity (Wildman–Crippen MR) is 126 cm³/mol. The molecule has 0 spiro atoms. The van der Waals surface area contributed by atoms with E-state index in [4.69, 9.17) is 0 Å². The van der Waals surface area contributed by atoms with E-state index in [0.29, 0.717) is 23.3 Å². The van der Waals surface area contributed by atoms with Crippen LogP contribution in [-0.4, -0.2) is 44.3 Å². The smallest absolute Gasteiger partial charge is 0.255 e. The Morgan fingerprint density at radius 1 is 1.15 bits per heavy atom. The number of H-pyrrole nitrogens is 1. The van der Waals surface area contributed by atoms with Crippen molar-refractivity contribution in [2.24, 2.45) is 17.8 Å². The Bertz CT molecular complexity index is 1160. The van der Waals surface area contributed by atoms with Crippen molar-refractivity contribution in [2.45, 2.75) is 49.9 Å². The van der Waals surface area contributed by atoms with Gasteiger partial charge in [0, 0.05) is 30.4 Å². The maximum atomic E-state index is 13.2. The van der Waals surface area contributed by atoms with Gasteiger partial charge in [0.1, 0.15) is 5.65 Å². The van der Waals surface area contributed by atoms with Crippen LogP contribution in [0.1, 0.15) is 54.1 Å². The number of rotatable bonds is 6. The molecule has 4 aliphatic rings. The summed E-state index contributed by atoms with van der Waals surface area (Å²) in [4.78, 5) is 20.8. The highest BCUT2D eigenvalue weighted by Gasteiger charge is 2.54. The van der Waals surface area contributed by atoms with E-state index < -0.39 is 11.7 Å². The molecule has 4 fully saturated rings. The molecule has 1 amide bonds. The number of nitrogens with zero attached hydrogens (tertiary/aromatic N) is 1. The molecule has 7 heteroatoms. The van der Waals surface area contributed by atoms with Crippen molar-refractivity contribution in [3.05, 3.63) is 59.9 Å². The summed E-state index contributed by atoms with van der Waals surface area (Å²) in [7, 11) is 0. The second-order valence-corrected chi connectivity index (χ2v) is 10.3. The third-order valence-corrected chi connectivity index (χ3v) is 8.02. The Hall–Kier alpha value is -2.90. The largest absolute Gasteiger partial charge is 0.390 e. The summed E-state index contributed by atoms with van der Waals surface area (Å²) in [5, 5.41) is 28.9. The van der Waals surface area contributed by atoms with E-state index in [-0.39, 0.29) is 18.5 Å². The van der Waals surface area contributed by atoms with Gasteiger partial charge in [-0.3, -0.25) is 4.79 Å². The molecule has 33 heavy (non-hydrogen) atoms. The predicted octanol–water partition coefficient (Wildman–Crippen LogP) is 3.38. The number of aliphatic hydroxyl groups excluding tert-OH is 1. The third kappa shape index (κ3) is 3.69. The fourth-order valence-electron chi connectivity index (χ4n) is 6.80. The van der Waals surface area contributed by atoms with E-state index in [2.05, 4.69) is 20.6 Å². The van der Waals surface area contributed by atoms with E-state index in [1.165, 1.54) is 0 Å². The van der Waals surface area contributed by atoms with Crippen LogP contribution < -0.4 is 10.6 Å². The summed E-state index contributed by atoms with van der Waals surface area (Å²) in [5.74, 6) is 1.20. The monoisotopic (exact) mass is 446 g/mol. The van der Waals surface area contributed by atoms with Crippen LogP contribution in [0.5, 0.6) is 0 Å². The minimum Gasteiger partial charge on any atom is -0.390 e. The Balaban J connectivity index is 1.25. The average molecular weight is 447 g/mol. The number of pyridine rings is 1. The van der Waals surface area contributed by atoms with E-state index in [1.54, 1.807) is 6.20 Å². The van der Waals surface area contributed by atoms with E-state index in [0.717, 1.165) is 54.4 Å². The topological polar surface area (TPSA) is 110 Å². The molecule has 5 N–H and O–H groups in total. The van der Waals surface area contributed by atoms with Crippen molar-refractivity contribution in [1.82, 2.24) is 15.3 Å². The number of aromatic amines is 1. The number of anilines is 1. The van der Waals surface area contributed by atoms with Crippen molar-refractivity contribution >= 4 is 22.6 Å². The van der Waals surface area contributed by atoms with Crippen molar-refractivity contribution in [2.75, 3.05) is 11.9 Å². The first-order valence-electron chi connectivity index (χ1n) is 12.0. The minimum absolute atomic E-state index is 0.122. The first-order valence-corrected chi connectivity index (χ1v) is 12.0. The molecule has 4 saturated carbocycles. The molecule has 4 bridgehead atoms. The maximum absolute atomic E-state index is 13.2. The third-order valence-electron chi connectivity index (χ3n) is 8.02. The molecular weight excluding hydrogens is 416 g/mol. The number of hydrogen-bond acceptors (Lipinski definition) is 5. The zero-order valence-electron chi connectivity index (χ0n) is 18.5. The van der Waals surface area contributed by atoms with Gasteiger partial charge < -0.3 is 25.8 Å². The molecule has 3 atom stereocenters. The van der Waals surface area contributed by atoms with E-state index in [9.17, 15) is 15.0 Å². The van der Waals surface area contributed by atoms with Gasteiger partial charge in [-0.25, -0.2) is 4.98 Å². The van der Waals surface area contributed by atoms with Crippen molar-refractivity contribution < 1.29 is 15.0 Å². The van der Waals surface area contributed by atoms with Crippen LogP contribution in [0.2, 0.25) is 0 Å². The Morgan fingerprint density at radius 2 is 1.91 bits per heavy atom. The summed E-state index contributed by atoms with van der Waals surface area (Å²) in [5.41, 5.74) is 2.28. The number of carbonyl (C=O) groups is 1. The summed E-state index contributed by atoms with van der Waals surface area (Å²) < 4.78 is 0. The number of aromatic nitrogens is 2. The molecular formula is C26H30N4O3. The maximum Gasteiger partial charge on any atom is 0.255 e. The zero-order chi connectivity index (χ0) is 22.6. The number of carbonyl (C=O) groups excluding carboxylic acids is 1. The van der Waals surface area contributed by atoms with Gasteiger partial charge in [-0.2, -0.15) is 0 Å². The first-order chi connectivity index (χ1) is 16.0. The Morgan fingerprint density at radius 3 is 2.64 bits per heavy atom. The Labute approximate surface area is 192 Å². The van der Waals surface area contributed by atoms with Gasteiger partial charge in [-0.1, -0.05) is 30.3 Å². The van der Waals surface area contributed by atoms with Gasteiger partial charge in [-0.15, -0.1) is 0 Å². The van der Waals surface area contributed by atoms with E-state index >= 15 is 0 Å². The molecule has 0 radical (unpaired) electrons. The van der Waals surface area contributed by atoms with E-state index in [1.807, 2.05) is 42.6 Å². The second kappa shape index (κ2) is 7.85. The SMILES string of the molecule is O=C(NCC(O)c1ccccc1)c1cnc2[nH]ccc2c1N[C@H]1C2CC3CC1C[C@@](O)(C3)C2. The van der Waals surface area contributed by atoms with Gasteiger partial charge in [0.05, 0.1) is 23.0 Å². The summed E-state index contributed by atoms with van der Waals surface area (Å²) in [6.45, 7) is 0.122. The first kappa shape index (κ1) is 20.7. The fourth-order valence-corrected chi connectivity index (χ4v) is 6.80. The normalized spacial score (nSPS) is 31.0. The molecule has 7 rings (SSSR count). The van der Waals surface area contributed by atoms with Crippen LogP contribution in [-0.2, 0) is 0 Å². The summed E-state index contributed by atoms with van der Waals surface area (Å²) in [6, 6.07) is 11.5. The van der Waals surface area contributed by atoms with Crippen LogP contribution in [0.4, 0.5) is 5.69 Å². The van der Waals surface area contributed by atoms with Crippen LogP contribution in [0, 0.1) is 17.8 Å². The lowest BCUT2D eigenvalue weighted by molar-refractivity contribution is -0.129. The molecule has 2 aromatic heterocycles.